The summed E-state index contributed by atoms with van der Waals surface area (Å²) in [6.45, 7) is 11.3. The maximum atomic E-state index is 2.39. The standard InChI is InChI=1S/C14H17N.2C2H6/c1-3-15(2)14-6-4-5-11-12(14)8-7-10-9-13(10)11;2*1-2/h4-8,10,13H,3,9H2,1-2H3;2*1-2H3. The van der Waals surface area contributed by atoms with Crippen molar-refractivity contribution in [3.63, 3.8) is 0 Å². The van der Waals surface area contributed by atoms with E-state index in [1.807, 2.05) is 27.7 Å². The quantitative estimate of drug-likeness (QED) is 0.694. The van der Waals surface area contributed by atoms with Gasteiger partial charge in [0.2, 0.25) is 0 Å². The first kappa shape index (κ1) is 15.8. The number of nitrogens with zero attached hydrogens (tertiary/aromatic N) is 1. The van der Waals surface area contributed by atoms with Crippen LogP contribution in [0.15, 0.2) is 24.3 Å². The number of fused-ring (bicyclic) bond motifs is 3. The molecule has 2 unspecified atom stereocenters. The molecule has 0 bridgehead atoms. The van der Waals surface area contributed by atoms with E-state index in [4.69, 9.17) is 0 Å². The maximum Gasteiger partial charge on any atom is 0.0439 e. The van der Waals surface area contributed by atoms with Crippen LogP contribution >= 0.6 is 0 Å². The highest BCUT2D eigenvalue weighted by Gasteiger charge is 2.40. The summed E-state index contributed by atoms with van der Waals surface area (Å²) in [6, 6.07) is 6.74. The predicted molar refractivity (Wildman–Crippen MR) is 88.0 cm³/mol. The minimum Gasteiger partial charge on any atom is -0.374 e. The number of allylic oxidation sites excluding steroid dienone is 1. The van der Waals surface area contributed by atoms with Crippen molar-refractivity contribution in [2.45, 2.75) is 47.0 Å². The molecule has 1 aromatic carbocycles. The van der Waals surface area contributed by atoms with Crippen LogP contribution in [-0.4, -0.2) is 13.6 Å². The fourth-order valence-corrected chi connectivity index (χ4v) is 2.58. The molecule has 3 rings (SSSR count). The molecule has 0 saturated heterocycles. The van der Waals surface area contributed by atoms with Gasteiger partial charge in [0.25, 0.3) is 0 Å². The van der Waals surface area contributed by atoms with Gasteiger partial charge in [-0.05, 0) is 36.8 Å². The van der Waals surface area contributed by atoms with E-state index in [9.17, 15) is 0 Å². The molecule has 1 nitrogen and oxygen atoms in total. The van der Waals surface area contributed by atoms with Crippen LogP contribution < -0.4 is 4.90 Å². The second kappa shape index (κ2) is 7.37. The zero-order chi connectivity index (χ0) is 14.4. The molecular formula is C18H29N. The van der Waals surface area contributed by atoms with E-state index < -0.39 is 0 Å². The highest BCUT2D eigenvalue weighted by Crippen LogP contribution is 2.53. The average Bonchev–Trinajstić information content (AvgIpc) is 3.30. The second-order valence-corrected chi connectivity index (χ2v) is 4.66. The van der Waals surface area contributed by atoms with Gasteiger partial charge in [-0.15, -0.1) is 0 Å². The molecule has 0 radical (unpaired) electrons. The minimum absolute atomic E-state index is 0.829. The summed E-state index contributed by atoms with van der Waals surface area (Å²) in [7, 11) is 2.17. The molecule has 0 aromatic heterocycles. The fourth-order valence-electron chi connectivity index (χ4n) is 2.58. The molecule has 0 aliphatic heterocycles. The Labute approximate surface area is 119 Å². The molecule has 1 saturated carbocycles. The van der Waals surface area contributed by atoms with Crippen LogP contribution in [0, 0.1) is 5.92 Å². The monoisotopic (exact) mass is 259 g/mol. The highest BCUT2D eigenvalue weighted by molar-refractivity contribution is 5.74. The Kier molecular flexibility index (Phi) is 6.14. The molecule has 1 aromatic rings. The molecule has 2 aliphatic carbocycles. The minimum atomic E-state index is 0.829. The third-order valence-electron chi connectivity index (χ3n) is 3.75. The van der Waals surface area contributed by atoms with Crippen molar-refractivity contribution in [3.8, 4) is 0 Å². The van der Waals surface area contributed by atoms with Gasteiger partial charge in [-0.1, -0.05) is 52.0 Å². The lowest BCUT2D eigenvalue weighted by atomic mass is 9.95. The Balaban J connectivity index is 0.000000415. The van der Waals surface area contributed by atoms with Crippen LogP contribution in [0.5, 0.6) is 0 Å². The molecule has 2 atom stereocenters. The molecule has 1 heteroatoms. The van der Waals surface area contributed by atoms with E-state index in [2.05, 4.69) is 49.2 Å². The summed E-state index contributed by atoms with van der Waals surface area (Å²) < 4.78 is 0. The van der Waals surface area contributed by atoms with E-state index in [1.54, 1.807) is 5.56 Å². The van der Waals surface area contributed by atoms with Crippen molar-refractivity contribution >= 4 is 11.8 Å². The first-order valence-electron chi connectivity index (χ1n) is 7.83. The SMILES string of the molecule is CC.CC.CCN(C)c1cccc2c1C=CC1CC21. The second-order valence-electron chi connectivity index (χ2n) is 4.66. The largest absolute Gasteiger partial charge is 0.374 e. The smallest absolute Gasteiger partial charge is 0.0439 e. The van der Waals surface area contributed by atoms with Crippen molar-refractivity contribution in [2.24, 2.45) is 5.92 Å². The third kappa shape index (κ3) is 3.20. The van der Waals surface area contributed by atoms with Crippen molar-refractivity contribution < 1.29 is 0 Å². The highest BCUT2D eigenvalue weighted by atomic mass is 15.1. The zero-order valence-corrected chi connectivity index (χ0v) is 13.4. The van der Waals surface area contributed by atoms with Gasteiger partial charge in [0, 0.05) is 24.8 Å². The number of hydrogen-bond acceptors (Lipinski definition) is 1. The maximum absolute atomic E-state index is 2.39. The summed E-state index contributed by atoms with van der Waals surface area (Å²) >= 11 is 0. The lowest BCUT2D eigenvalue weighted by Gasteiger charge is -2.22. The Morgan fingerprint density at radius 2 is 1.84 bits per heavy atom. The molecule has 0 heterocycles. The van der Waals surface area contributed by atoms with E-state index in [0.717, 1.165) is 18.4 Å². The van der Waals surface area contributed by atoms with Gasteiger partial charge in [-0.2, -0.15) is 0 Å². The van der Waals surface area contributed by atoms with Crippen LogP contribution in [0.1, 0.15) is 58.1 Å². The predicted octanol–water partition coefficient (Wildman–Crippen LogP) is 5.33. The third-order valence-corrected chi connectivity index (χ3v) is 3.75. The van der Waals surface area contributed by atoms with Gasteiger partial charge in [0.1, 0.15) is 0 Å². The lowest BCUT2D eigenvalue weighted by molar-refractivity contribution is 0.947. The van der Waals surface area contributed by atoms with Crippen molar-refractivity contribution in [1.29, 1.82) is 0 Å². The average molecular weight is 259 g/mol. The molecular weight excluding hydrogens is 230 g/mol. The Morgan fingerprint density at radius 3 is 2.47 bits per heavy atom. The van der Waals surface area contributed by atoms with Crippen LogP contribution in [0.2, 0.25) is 0 Å². The molecule has 2 aliphatic rings. The Hall–Kier alpha value is -1.24. The number of rotatable bonds is 2. The van der Waals surface area contributed by atoms with Gasteiger partial charge in [-0.3, -0.25) is 0 Å². The van der Waals surface area contributed by atoms with Crippen LogP contribution in [0.4, 0.5) is 5.69 Å². The van der Waals surface area contributed by atoms with E-state index in [-0.39, 0.29) is 0 Å². The molecule has 0 spiro atoms. The molecule has 0 N–H and O–H groups in total. The molecule has 19 heavy (non-hydrogen) atoms. The van der Waals surface area contributed by atoms with Gasteiger partial charge >= 0.3 is 0 Å². The number of benzene rings is 1. The number of anilines is 1. The Morgan fingerprint density at radius 1 is 1.16 bits per heavy atom. The lowest BCUT2D eigenvalue weighted by Crippen LogP contribution is -2.17. The van der Waals surface area contributed by atoms with E-state index in [0.29, 0.717) is 0 Å². The van der Waals surface area contributed by atoms with Gasteiger partial charge in [0.05, 0.1) is 0 Å². The van der Waals surface area contributed by atoms with E-state index in [1.165, 1.54) is 17.7 Å². The summed E-state index contributed by atoms with van der Waals surface area (Å²) in [5.74, 6) is 1.68. The molecule has 106 valence electrons. The molecule has 1 fully saturated rings. The topological polar surface area (TPSA) is 3.24 Å². The van der Waals surface area contributed by atoms with Crippen LogP contribution in [0.25, 0.3) is 6.08 Å². The zero-order valence-electron chi connectivity index (χ0n) is 13.4. The summed E-state index contributed by atoms with van der Waals surface area (Å²) in [6.07, 6.45) is 6.08. The first-order chi connectivity index (χ1) is 9.31. The van der Waals surface area contributed by atoms with Crippen molar-refractivity contribution in [3.05, 3.63) is 35.4 Å². The van der Waals surface area contributed by atoms with Gasteiger partial charge < -0.3 is 4.90 Å². The first-order valence-corrected chi connectivity index (χ1v) is 7.83. The summed E-state index contributed by atoms with van der Waals surface area (Å²) in [4.78, 5) is 2.33. The Bertz CT molecular complexity index is 420. The van der Waals surface area contributed by atoms with E-state index >= 15 is 0 Å². The normalized spacial score (nSPS) is 20.9. The van der Waals surface area contributed by atoms with Crippen LogP contribution in [0.3, 0.4) is 0 Å². The van der Waals surface area contributed by atoms with Gasteiger partial charge in [0.15, 0.2) is 0 Å². The van der Waals surface area contributed by atoms with Crippen molar-refractivity contribution in [1.82, 2.24) is 0 Å². The molecule has 0 amide bonds. The van der Waals surface area contributed by atoms with Gasteiger partial charge in [-0.25, -0.2) is 0 Å². The summed E-state index contributed by atoms with van der Waals surface area (Å²) in [5, 5.41) is 0. The van der Waals surface area contributed by atoms with Crippen molar-refractivity contribution in [2.75, 3.05) is 18.5 Å². The summed E-state index contributed by atoms with van der Waals surface area (Å²) in [5.41, 5.74) is 4.41. The number of hydrogen-bond donors (Lipinski definition) is 0. The van der Waals surface area contributed by atoms with Crippen LogP contribution in [-0.2, 0) is 0 Å². The fraction of sp³-hybridized carbons (Fsp3) is 0.556.